The number of carbonyl (C=O) groups excluding carboxylic acids is 2. The minimum absolute atomic E-state index is 0.0186. The van der Waals surface area contributed by atoms with Crippen LogP contribution >= 0.6 is 0 Å². The number of hydrogen-bond acceptors (Lipinski definition) is 6. The van der Waals surface area contributed by atoms with E-state index in [-0.39, 0.29) is 18.4 Å². The summed E-state index contributed by atoms with van der Waals surface area (Å²) >= 11 is 0. The molecule has 2 heterocycles. The highest BCUT2D eigenvalue weighted by Crippen LogP contribution is 2.20. The molecule has 12 heteroatoms. The third-order valence-electron chi connectivity index (χ3n) is 6.40. The number of para-hydroxylation sites is 1. The maximum absolute atomic E-state index is 13.3. The van der Waals surface area contributed by atoms with Crippen molar-refractivity contribution in [2.75, 3.05) is 57.8 Å². The third-order valence-corrected chi connectivity index (χ3v) is 6.40. The smallest absolute Gasteiger partial charge is 0.490 e. The molecule has 0 saturated carbocycles. The molecule has 2 N–H and O–H groups in total. The molecule has 2 aliphatic rings. The largest absolute Gasteiger partial charge is 0.497 e. The molecule has 0 radical (unpaired) electrons. The zero-order valence-corrected chi connectivity index (χ0v) is 21.0. The number of benzene rings is 2. The average molecular weight is 537 g/mol. The molecule has 2 amide bonds. The number of carbonyl (C=O) groups is 3. The molecule has 0 bridgehead atoms. The number of carboxylic acid groups (broad SMARTS) is 1. The number of carboxylic acids is 1. The first-order valence-electron chi connectivity index (χ1n) is 12.1. The van der Waals surface area contributed by atoms with Crippen LogP contribution in [0.15, 0.2) is 54.6 Å². The van der Waals surface area contributed by atoms with Crippen LogP contribution in [0.5, 0.6) is 5.75 Å². The molecule has 206 valence electrons. The highest BCUT2D eigenvalue weighted by Gasteiger charge is 2.38. The Kier molecular flexibility index (Phi) is 10.1. The molecule has 1 unspecified atom stereocenters. The van der Waals surface area contributed by atoms with E-state index in [0.29, 0.717) is 36.1 Å². The number of ether oxygens (including phenoxy) is 1. The van der Waals surface area contributed by atoms with E-state index in [9.17, 15) is 22.8 Å². The van der Waals surface area contributed by atoms with Crippen LogP contribution in [0, 0.1) is 0 Å². The van der Waals surface area contributed by atoms with E-state index < -0.39 is 12.1 Å². The summed E-state index contributed by atoms with van der Waals surface area (Å²) in [5, 5.41) is 10.5. The van der Waals surface area contributed by atoms with E-state index in [2.05, 4.69) is 10.2 Å². The number of aliphatic carboxylic acids is 1. The van der Waals surface area contributed by atoms with E-state index in [4.69, 9.17) is 14.6 Å². The molecular weight excluding hydrogens is 505 g/mol. The fourth-order valence-corrected chi connectivity index (χ4v) is 4.30. The van der Waals surface area contributed by atoms with Crippen molar-refractivity contribution < 1.29 is 37.4 Å². The number of methoxy groups -OCH3 is 1. The Bertz CT molecular complexity index is 1070. The van der Waals surface area contributed by atoms with Gasteiger partial charge in [0, 0.05) is 50.0 Å². The van der Waals surface area contributed by atoms with E-state index in [1.54, 1.807) is 36.3 Å². The summed E-state index contributed by atoms with van der Waals surface area (Å²) in [6, 6.07) is 16.9. The zero-order chi connectivity index (χ0) is 27.7. The predicted octanol–water partition coefficient (Wildman–Crippen LogP) is 2.48. The Labute approximate surface area is 218 Å². The molecular formula is C26H31F3N4O5. The minimum atomic E-state index is -5.08. The number of anilines is 1. The van der Waals surface area contributed by atoms with Crippen molar-refractivity contribution in [3.63, 3.8) is 0 Å². The SMILES string of the molecule is COc1ccc(C(=O)N(CC(=O)N2CCN(C3CCNC3)CC2)c2ccccc2)cc1.O=C(O)C(F)(F)F. The lowest BCUT2D eigenvalue weighted by atomic mass is 10.1. The Morgan fingerprint density at radius 3 is 2.13 bits per heavy atom. The van der Waals surface area contributed by atoms with Crippen LogP contribution in [0.4, 0.5) is 18.9 Å². The molecule has 9 nitrogen and oxygen atoms in total. The number of nitrogens with zero attached hydrogens (tertiary/aromatic N) is 3. The number of rotatable bonds is 6. The van der Waals surface area contributed by atoms with Gasteiger partial charge in [-0.2, -0.15) is 13.2 Å². The van der Waals surface area contributed by atoms with Gasteiger partial charge in [-0.25, -0.2) is 4.79 Å². The summed E-state index contributed by atoms with van der Waals surface area (Å²) in [4.78, 5) is 41.2. The number of halogens is 3. The Morgan fingerprint density at radius 1 is 1.03 bits per heavy atom. The second-order valence-electron chi connectivity index (χ2n) is 8.82. The lowest BCUT2D eigenvalue weighted by Crippen LogP contribution is -2.54. The zero-order valence-electron chi connectivity index (χ0n) is 21.0. The van der Waals surface area contributed by atoms with Crippen LogP contribution in [0.3, 0.4) is 0 Å². The summed E-state index contributed by atoms with van der Waals surface area (Å²) in [6.45, 7) is 5.31. The van der Waals surface area contributed by atoms with E-state index >= 15 is 0 Å². The van der Waals surface area contributed by atoms with Gasteiger partial charge in [0.25, 0.3) is 5.91 Å². The van der Waals surface area contributed by atoms with Gasteiger partial charge in [-0.15, -0.1) is 0 Å². The van der Waals surface area contributed by atoms with E-state index in [1.807, 2.05) is 35.2 Å². The van der Waals surface area contributed by atoms with Crippen molar-refractivity contribution in [3.8, 4) is 5.75 Å². The van der Waals surface area contributed by atoms with Gasteiger partial charge in [-0.05, 0) is 49.4 Å². The van der Waals surface area contributed by atoms with Gasteiger partial charge >= 0.3 is 12.1 Å². The maximum Gasteiger partial charge on any atom is 0.490 e. The Balaban J connectivity index is 0.000000505. The first-order chi connectivity index (χ1) is 18.1. The van der Waals surface area contributed by atoms with Crippen molar-refractivity contribution >= 4 is 23.5 Å². The van der Waals surface area contributed by atoms with Gasteiger partial charge < -0.3 is 20.1 Å². The second kappa shape index (κ2) is 13.2. The van der Waals surface area contributed by atoms with Gasteiger partial charge in [0.2, 0.25) is 5.91 Å². The minimum Gasteiger partial charge on any atom is -0.497 e. The summed E-state index contributed by atoms with van der Waals surface area (Å²) in [5.41, 5.74) is 1.24. The van der Waals surface area contributed by atoms with Gasteiger partial charge in [0.1, 0.15) is 12.3 Å². The number of piperazine rings is 1. The maximum atomic E-state index is 13.3. The molecule has 2 saturated heterocycles. The molecule has 4 rings (SSSR count). The quantitative estimate of drug-likeness (QED) is 0.585. The summed E-state index contributed by atoms with van der Waals surface area (Å²) < 4.78 is 36.9. The summed E-state index contributed by atoms with van der Waals surface area (Å²) in [7, 11) is 1.59. The van der Waals surface area contributed by atoms with Crippen LogP contribution in [-0.4, -0.2) is 97.8 Å². The van der Waals surface area contributed by atoms with Gasteiger partial charge in [0.05, 0.1) is 7.11 Å². The van der Waals surface area contributed by atoms with Gasteiger partial charge in [0.15, 0.2) is 0 Å². The molecule has 2 aliphatic heterocycles. The molecule has 1 atom stereocenters. The first-order valence-corrected chi connectivity index (χ1v) is 12.1. The van der Waals surface area contributed by atoms with Crippen molar-refractivity contribution in [1.29, 1.82) is 0 Å². The number of hydrogen-bond donors (Lipinski definition) is 2. The monoisotopic (exact) mass is 536 g/mol. The third kappa shape index (κ3) is 7.93. The molecule has 0 aromatic heterocycles. The molecule has 2 fully saturated rings. The molecule has 0 spiro atoms. The van der Waals surface area contributed by atoms with E-state index in [0.717, 1.165) is 26.2 Å². The normalized spacial score (nSPS) is 17.8. The molecule has 38 heavy (non-hydrogen) atoms. The lowest BCUT2D eigenvalue weighted by Gasteiger charge is -2.38. The molecule has 2 aromatic carbocycles. The predicted molar refractivity (Wildman–Crippen MR) is 134 cm³/mol. The highest BCUT2D eigenvalue weighted by atomic mass is 19.4. The van der Waals surface area contributed by atoms with Crippen molar-refractivity contribution in [2.45, 2.75) is 18.6 Å². The Morgan fingerprint density at radius 2 is 1.63 bits per heavy atom. The second-order valence-corrected chi connectivity index (χ2v) is 8.82. The number of nitrogens with one attached hydrogen (secondary N) is 1. The molecule has 0 aliphatic carbocycles. The van der Waals surface area contributed by atoms with Crippen LogP contribution < -0.4 is 15.0 Å². The lowest BCUT2D eigenvalue weighted by molar-refractivity contribution is -0.192. The van der Waals surface area contributed by atoms with Gasteiger partial charge in [-0.3, -0.25) is 19.4 Å². The number of alkyl halides is 3. The first kappa shape index (κ1) is 28.9. The average Bonchev–Trinajstić information content (AvgIpc) is 3.47. The van der Waals surface area contributed by atoms with Crippen molar-refractivity contribution in [3.05, 3.63) is 60.2 Å². The molecule has 2 aromatic rings. The van der Waals surface area contributed by atoms with Gasteiger partial charge in [-0.1, -0.05) is 18.2 Å². The van der Waals surface area contributed by atoms with Crippen molar-refractivity contribution in [2.24, 2.45) is 0 Å². The number of amides is 2. The van der Waals surface area contributed by atoms with Crippen LogP contribution in [0.1, 0.15) is 16.8 Å². The van der Waals surface area contributed by atoms with E-state index in [1.165, 1.54) is 6.42 Å². The summed E-state index contributed by atoms with van der Waals surface area (Å²) in [6.07, 6.45) is -3.91. The summed E-state index contributed by atoms with van der Waals surface area (Å²) in [5.74, 6) is -2.28. The Hall–Kier alpha value is -3.64. The van der Waals surface area contributed by atoms with Crippen LogP contribution in [0.2, 0.25) is 0 Å². The standard InChI is InChI=1S/C24H30N4O3.C2HF3O2/c1-31-22-9-7-19(8-10-22)24(30)28(20-5-3-2-4-6-20)18-23(29)27-15-13-26(14-16-27)21-11-12-25-17-21;3-2(4,5)1(6)7/h2-10,21,25H,11-18H2,1H3;(H,6,7). The fraction of sp³-hybridized carbons (Fsp3) is 0.423. The highest BCUT2D eigenvalue weighted by molar-refractivity contribution is 6.08. The van der Waals surface area contributed by atoms with Crippen LogP contribution in [0.25, 0.3) is 0 Å². The fourth-order valence-electron chi connectivity index (χ4n) is 4.30. The van der Waals surface area contributed by atoms with Crippen LogP contribution in [-0.2, 0) is 9.59 Å². The topological polar surface area (TPSA) is 102 Å². The van der Waals surface area contributed by atoms with Crippen molar-refractivity contribution in [1.82, 2.24) is 15.1 Å².